The van der Waals surface area contributed by atoms with E-state index in [0.717, 1.165) is 0 Å². The third-order valence-corrected chi connectivity index (χ3v) is 3.39. The van der Waals surface area contributed by atoms with Crippen LogP contribution in [-0.4, -0.2) is 34.6 Å². The SMILES string of the molecule is CC1(O)CCN(C(=O)c2cc(Br)ccc2F)C1. The Hall–Kier alpha value is -0.940. The van der Waals surface area contributed by atoms with E-state index in [9.17, 15) is 14.3 Å². The Morgan fingerprint density at radius 2 is 2.29 bits per heavy atom. The standard InChI is InChI=1S/C12H13BrFNO2/c1-12(17)4-5-15(7-12)11(16)9-6-8(13)2-3-10(9)14/h2-3,6,17H,4-5,7H2,1H3. The van der Waals surface area contributed by atoms with Gasteiger partial charge in [-0.15, -0.1) is 0 Å². The minimum atomic E-state index is -0.863. The first kappa shape index (κ1) is 12.5. The third-order valence-electron chi connectivity index (χ3n) is 2.90. The minimum absolute atomic E-state index is 0.0390. The van der Waals surface area contributed by atoms with Gasteiger partial charge in [-0.2, -0.15) is 0 Å². The number of hydrogen-bond acceptors (Lipinski definition) is 2. The van der Waals surface area contributed by atoms with Gasteiger partial charge in [0, 0.05) is 17.6 Å². The molecule has 0 radical (unpaired) electrons. The number of nitrogens with zero attached hydrogens (tertiary/aromatic N) is 1. The molecule has 0 aliphatic carbocycles. The van der Waals surface area contributed by atoms with Crippen LogP contribution < -0.4 is 0 Å². The molecule has 1 saturated heterocycles. The molecule has 92 valence electrons. The largest absolute Gasteiger partial charge is 0.388 e. The monoisotopic (exact) mass is 301 g/mol. The second-order valence-electron chi connectivity index (χ2n) is 4.60. The summed E-state index contributed by atoms with van der Waals surface area (Å²) in [7, 11) is 0. The van der Waals surface area contributed by atoms with Gasteiger partial charge in [-0.05, 0) is 31.5 Å². The van der Waals surface area contributed by atoms with Crippen molar-refractivity contribution in [1.29, 1.82) is 0 Å². The number of hydrogen-bond donors (Lipinski definition) is 1. The average molecular weight is 302 g/mol. The second-order valence-corrected chi connectivity index (χ2v) is 5.51. The van der Waals surface area contributed by atoms with E-state index in [1.807, 2.05) is 0 Å². The van der Waals surface area contributed by atoms with E-state index in [1.165, 1.54) is 17.0 Å². The average Bonchev–Trinajstić information content (AvgIpc) is 2.61. The fraction of sp³-hybridized carbons (Fsp3) is 0.417. The summed E-state index contributed by atoms with van der Waals surface area (Å²) in [6.07, 6.45) is 0.522. The summed E-state index contributed by atoms with van der Waals surface area (Å²) in [5.74, 6) is -0.911. The number of aliphatic hydroxyl groups is 1. The number of carbonyl (C=O) groups is 1. The minimum Gasteiger partial charge on any atom is -0.388 e. The fourth-order valence-electron chi connectivity index (χ4n) is 1.95. The number of β-amino-alcohol motifs (C(OH)–C–C–N with tert-alkyl or cyclic N) is 1. The van der Waals surface area contributed by atoms with Crippen LogP contribution in [0.3, 0.4) is 0 Å². The van der Waals surface area contributed by atoms with Crippen LogP contribution in [0, 0.1) is 5.82 Å². The molecule has 1 aliphatic rings. The molecular formula is C12H13BrFNO2. The molecule has 1 atom stereocenters. The Morgan fingerprint density at radius 1 is 1.59 bits per heavy atom. The van der Waals surface area contributed by atoms with E-state index in [2.05, 4.69) is 15.9 Å². The van der Waals surface area contributed by atoms with Crippen LogP contribution in [0.25, 0.3) is 0 Å². The summed E-state index contributed by atoms with van der Waals surface area (Å²) in [5.41, 5.74) is -0.824. The van der Waals surface area contributed by atoms with Crippen LogP contribution in [0.15, 0.2) is 22.7 Å². The molecule has 1 amide bonds. The lowest BCUT2D eigenvalue weighted by Crippen LogP contribution is -2.34. The lowest BCUT2D eigenvalue weighted by atomic mass is 10.1. The fourth-order valence-corrected chi connectivity index (χ4v) is 2.31. The Kier molecular flexibility index (Phi) is 3.23. The van der Waals surface area contributed by atoms with Crippen LogP contribution >= 0.6 is 15.9 Å². The van der Waals surface area contributed by atoms with Gasteiger partial charge >= 0.3 is 0 Å². The molecule has 0 spiro atoms. The van der Waals surface area contributed by atoms with Gasteiger partial charge in [0.05, 0.1) is 11.2 Å². The van der Waals surface area contributed by atoms with Gasteiger partial charge < -0.3 is 10.0 Å². The van der Waals surface area contributed by atoms with Crippen molar-refractivity contribution in [3.63, 3.8) is 0 Å². The first-order valence-corrected chi connectivity index (χ1v) is 6.15. The molecule has 1 unspecified atom stereocenters. The van der Waals surface area contributed by atoms with E-state index < -0.39 is 11.4 Å². The number of halogens is 2. The van der Waals surface area contributed by atoms with Crippen molar-refractivity contribution in [2.75, 3.05) is 13.1 Å². The normalized spacial score (nSPS) is 24.1. The molecule has 0 aromatic heterocycles. The van der Waals surface area contributed by atoms with E-state index in [4.69, 9.17) is 0 Å². The molecule has 1 aromatic carbocycles. The zero-order valence-corrected chi connectivity index (χ0v) is 11.0. The van der Waals surface area contributed by atoms with Crippen molar-refractivity contribution < 1.29 is 14.3 Å². The lowest BCUT2D eigenvalue weighted by Gasteiger charge is -2.19. The molecule has 5 heteroatoms. The van der Waals surface area contributed by atoms with Crippen molar-refractivity contribution in [3.8, 4) is 0 Å². The molecule has 0 bridgehead atoms. The van der Waals surface area contributed by atoms with Crippen LogP contribution in [-0.2, 0) is 0 Å². The highest BCUT2D eigenvalue weighted by atomic mass is 79.9. The van der Waals surface area contributed by atoms with E-state index in [-0.39, 0.29) is 18.0 Å². The van der Waals surface area contributed by atoms with Gasteiger partial charge in [0.25, 0.3) is 5.91 Å². The Balaban J connectivity index is 2.23. The maximum atomic E-state index is 13.5. The Labute approximate surface area is 107 Å². The van der Waals surface area contributed by atoms with Gasteiger partial charge in [0.15, 0.2) is 0 Å². The molecule has 1 aromatic rings. The van der Waals surface area contributed by atoms with E-state index in [0.29, 0.717) is 17.4 Å². The Bertz CT molecular complexity index is 462. The summed E-state index contributed by atoms with van der Waals surface area (Å²) in [6, 6.07) is 4.27. The van der Waals surface area contributed by atoms with Crippen molar-refractivity contribution in [1.82, 2.24) is 4.90 Å². The predicted molar refractivity (Wildman–Crippen MR) is 65.2 cm³/mol. The van der Waals surface area contributed by atoms with Crippen LogP contribution in [0.5, 0.6) is 0 Å². The number of carbonyl (C=O) groups excluding carboxylic acids is 1. The second kappa shape index (κ2) is 4.38. The first-order chi connectivity index (χ1) is 7.89. The summed E-state index contributed by atoms with van der Waals surface area (Å²) in [5, 5.41) is 9.79. The number of benzene rings is 1. The van der Waals surface area contributed by atoms with Gasteiger partial charge in [-0.3, -0.25) is 4.79 Å². The van der Waals surface area contributed by atoms with Crippen molar-refractivity contribution >= 4 is 21.8 Å². The zero-order chi connectivity index (χ0) is 12.6. The van der Waals surface area contributed by atoms with E-state index >= 15 is 0 Å². The summed E-state index contributed by atoms with van der Waals surface area (Å²) in [4.78, 5) is 13.5. The van der Waals surface area contributed by atoms with Crippen LogP contribution in [0.2, 0.25) is 0 Å². The summed E-state index contributed by atoms with van der Waals surface area (Å²) >= 11 is 3.21. The van der Waals surface area contributed by atoms with Crippen molar-refractivity contribution in [2.24, 2.45) is 0 Å². The number of rotatable bonds is 1. The molecule has 2 rings (SSSR count). The third kappa shape index (κ3) is 2.66. The quantitative estimate of drug-likeness (QED) is 0.864. The molecule has 3 nitrogen and oxygen atoms in total. The van der Waals surface area contributed by atoms with E-state index in [1.54, 1.807) is 13.0 Å². The van der Waals surface area contributed by atoms with Crippen LogP contribution in [0.4, 0.5) is 4.39 Å². The van der Waals surface area contributed by atoms with Crippen molar-refractivity contribution in [3.05, 3.63) is 34.1 Å². The van der Waals surface area contributed by atoms with Crippen molar-refractivity contribution in [2.45, 2.75) is 18.9 Å². The molecule has 0 saturated carbocycles. The molecule has 1 heterocycles. The molecular weight excluding hydrogens is 289 g/mol. The number of amides is 1. The smallest absolute Gasteiger partial charge is 0.256 e. The maximum absolute atomic E-state index is 13.5. The molecule has 1 fully saturated rings. The summed E-state index contributed by atoms with van der Waals surface area (Å²) < 4.78 is 14.2. The first-order valence-electron chi connectivity index (χ1n) is 5.36. The highest BCUT2D eigenvalue weighted by molar-refractivity contribution is 9.10. The molecule has 1 aliphatic heterocycles. The topological polar surface area (TPSA) is 40.5 Å². The summed E-state index contributed by atoms with van der Waals surface area (Å²) in [6.45, 7) is 2.38. The Morgan fingerprint density at radius 3 is 2.88 bits per heavy atom. The molecule has 1 N–H and O–H groups in total. The lowest BCUT2D eigenvalue weighted by molar-refractivity contribution is 0.0569. The van der Waals surface area contributed by atoms with Gasteiger partial charge in [0.2, 0.25) is 0 Å². The highest BCUT2D eigenvalue weighted by Gasteiger charge is 2.35. The highest BCUT2D eigenvalue weighted by Crippen LogP contribution is 2.24. The van der Waals surface area contributed by atoms with Gasteiger partial charge in [0.1, 0.15) is 5.82 Å². The molecule has 17 heavy (non-hydrogen) atoms. The zero-order valence-electron chi connectivity index (χ0n) is 9.41. The van der Waals surface area contributed by atoms with Gasteiger partial charge in [-0.1, -0.05) is 15.9 Å². The maximum Gasteiger partial charge on any atom is 0.256 e. The predicted octanol–water partition coefficient (Wildman–Crippen LogP) is 2.19. The van der Waals surface area contributed by atoms with Crippen LogP contribution in [0.1, 0.15) is 23.7 Å². The van der Waals surface area contributed by atoms with Gasteiger partial charge in [-0.25, -0.2) is 4.39 Å². The number of likely N-dealkylation sites (tertiary alicyclic amines) is 1.